The lowest BCUT2D eigenvalue weighted by molar-refractivity contribution is -0.116. The van der Waals surface area contributed by atoms with Gasteiger partial charge in [0, 0.05) is 5.92 Å². The first-order valence-corrected chi connectivity index (χ1v) is 2.91. The van der Waals surface area contributed by atoms with Crippen LogP contribution in [0.4, 0.5) is 0 Å². The maximum Gasteiger partial charge on any atom is 0.158 e. The number of allylic oxidation sites excluding steroid dienone is 2. The van der Waals surface area contributed by atoms with E-state index in [2.05, 4.69) is 0 Å². The van der Waals surface area contributed by atoms with E-state index < -0.39 is 0 Å². The second-order valence-corrected chi connectivity index (χ2v) is 2.50. The van der Waals surface area contributed by atoms with E-state index in [9.17, 15) is 4.79 Å². The van der Waals surface area contributed by atoms with Crippen molar-refractivity contribution in [1.82, 2.24) is 0 Å². The van der Waals surface area contributed by atoms with Crippen molar-refractivity contribution >= 4 is 5.78 Å². The largest absolute Gasteiger partial charge is 0.295 e. The van der Waals surface area contributed by atoms with Crippen LogP contribution in [0.15, 0.2) is 11.6 Å². The van der Waals surface area contributed by atoms with Crippen LogP contribution in [0.25, 0.3) is 0 Å². The van der Waals surface area contributed by atoms with E-state index in [1.165, 1.54) is 5.57 Å². The van der Waals surface area contributed by atoms with Gasteiger partial charge in [0.05, 0.1) is 0 Å². The number of carbonyl (C=O) groups is 1. The van der Waals surface area contributed by atoms with E-state index >= 15 is 0 Å². The van der Waals surface area contributed by atoms with Gasteiger partial charge in [-0.3, -0.25) is 4.79 Å². The molecule has 0 aromatic carbocycles. The highest BCUT2D eigenvalue weighted by Gasteiger charge is 2.17. The Labute approximate surface area is 49.4 Å². The molecule has 0 amide bonds. The van der Waals surface area contributed by atoms with Gasteiger partial charge in [0.25, 0.3) is 0 Å². The third-order valence-corrected chi connectivity index (χ3v) is 1.50. The molecule has 1 aliphatic carbocycles. The molecule has 0 fully saturated rings. The third kappa shape index (κ3) is 0.808. The van der Waals surface area contributed by atoms with Gasteiger partial charge in [0.1, 0.15) is 0 Å². The van der Waals surface area contributed by atoms with Crippen LogP contribution in [-0.4, -0.2) is 5.78 Å². The van der Waals surface area contributed by atoms with Crippen LogP contribution >= 0.6 is 0 Å². The molecule has 1 rings (SSSR count). The zero-order valence-electron chi connectivity index (χ0n) is 5.27. The van der Waals surface area contributed by atoms with Crippen molar-refractivity contribution in [3.05, 3.63) is 11.6 Å². The summed E-state index contributed by atoms with van der Waals surface area (Å²) in [5.41, 5.74) is 1.22. The van der Waals surface area contributed by atoms with E-state index in [0.29, 0.717) is 5.78 Å². The molecule has 1 aliphatic rings. The number of ketones is 1. The molecule has 0 aromatic heterocycles. The SMILES string of the molecule is CC1=CC(=O)[C@H](C)C1. The zero-order valence-corrected chi connectivity index (χ0v) is 5.27. The van der Waals surface area contributed by atoms with Crippen LogP contribution < -0.4 is 0 Å². The summed E-state index contributed by atoms with van der Waals surface area (Å²) in [6, 6.07) is 0. The fourth-order valence-corrected chi connectivity index (χ4v) is 1.03. The Morgan fingerprint density at radius 2 is 2.38 bits per heavy atom. The van der Waals surface area contributed by atoms with Crippen molar-refractivity contribution in [3.8, 4) is 0 Å². The van der Waals surface area contributed by atoms with Crippen molar-refractivity contribution < 1.29 is 4.79 Å². The van der Waals surface area contributed by atoms with Crippen molar-refractivity contribution in [2.75, 3.05) is 0 Å². The molecule has 1 heteroatoms. The second-order valence-electron chi connectivity index (χ2n) is 2.50. The van der Waals surface area contributed by atoms with Crippen LogP contribution in [0.3, 0.4) is 0 Å². The summed E-state index contributed by atoms with van der Waals surface area (Å²) in [6.45, 7) is 3.97. The minimum absolute atomic E-state index is 0.259. The van der Waals surface area contributed by atoms with Crippen LogP contribution in [0.2, 0.25) is 0 Å². The van der Waals surface area contributed by atoms with Crippen molar-refractivity contribution in [3.63, 3.8) is 0 Å². The summed E-state index contributed by atoms with van der Waals surface area (Å²) in [4.78, 5) is 10.7. The van der Waals surface area contributed by atoms with Crippen molar-refractivity contribution in [1.29, 1.82) is 0 Å². The Balaban J connectivity index is 2.70. The van der Waals surface area contributed by atoms with Crippen LogP contribution in [0, 0.1) is 5.92 Å². The van der Waals surface area contributed by atoms with Gasteiger partial charge in [-0.25, -0.2) is 0 Å². The lowest BCUT2D eigenvalue weighted by atomic mass is 10.1. The third-order valence-electron chi connectivity index (χ3n) is 1.50. The minimum atomic E-state index is 0.259. The normalized spacial score (nSPS) is 28.5. The summed E-state index contributed by atoms with van der Waals surface area (Å²) >= 11 is 0. The van der Waals surface area contributed by atoms with Gasteiger partial charge in [0.15, 0.2) is 5.78 Å². The molecular weight excluding hydrogens is 100 g/mol. The molecule has 0 heterocycles. The second kappa shape index (κ2) is 1.73. The summed E-state index contributed by atoms with van der Waals surface area (Å²) in [6.07, 6.45) is 2.71. The standard InChI is InChI=1S/C7H10O/c1-5-3-6(2)7(8)4-5/h4,6H,3H2,1-2H3/t6-/m1/s1. The molecule has 44 valence electrons. The maximum atomic E-state index is 10.7. The Bertz CT molecular complexity index is 144. The van der Waals surface area contributed by atoms with Gasteiger partial charge in [-0.2, -0.15) is 0 Å². The highest BCUT2D eigenvalue weighted by molar-refractivity contribution is 5.94. The van der Waals surface area contributed by atoms with Gasteiger partial charge in [-0.15, -0.1) is 0 Å². The Kier molecular flexibility index (Phi) is 1.20. The number of carbonyl (C=O) groups excluding carboxylic acids is 1. The van der Waals surface area contributed by atoms with Crippen LogP contribution in [0.5, 0.6) is 0 Å². The van der Waals surface area contributed by atoms with Gasteiger partial charge < -0.3 is 0 Å². The average molecular weight is 110 g/mol. The van der Waals surface area contributed by atoms with E-state index in [4.69, 9.17) is 0 Å². The number of rotatable bonds is 0. The van der Waals surface area contributed by atoms with E-state index in [-0.39, 0.29) is 5.92 Å². The monoisotopic (exact) mass is 110 g/mol. The number of hydrogen-bond acceptors (Lipinski definition) is 1. The summed E-state index contributed by atoms with van der Waals surface area (Å²) in [5.74, 6) is 0.553. The van der Waals surface area contributed by atoms with Gasteiger partial charge in [-0.05, 0) is 19.4 Å². The molecule has 0 N–H and O–H groups in total. The predicted molar refractivity (Wildman–Crippen MR) is 32.5 cm³/mol. The van der Waals surface area contributed by atoms with Crippen LogP contribution in [0.1, 0.15) is 20.3 Å². The molecule has 1 atom stereocenters. The van der Waals surface area contributed by atoms with E-state index in [1.807, 2.05) is 13.8 Å². The first-order valence-electron chi connectivity index (χ1n) is 2.91. The molecule has 0 radical (unpaired) electrons. The van der Waals surface area contributed by atoms with Crippen LogP contribution in [-0.2, 0) is 4.79 Å². The summed E-state index contributed by atoms with van der Waals surface area (Å²) in [5, 5.41) is 0. The quantitative estimate of drug-likeness (QED) is 0.462. The highest BCUT2D eigenvalue weighted by atomic mass is 16.1. The van der Waals surface area contributed by atoms with E-state index in [0.717, 1.165) is 6.42 Å². The highest BCUT2D eigenvalue weighted by Crippen LogP contribution is 2.19. The molecule has 0 aliphatic heterocycles. The molecule has 0 unspecified atom stereocenters. The predicted octanol–water partition coefficient (Wildman–Crippen LogP) is 1.54. The van der Waals surface area contributed by atoms with Gasteiger partial charge in [-0.1, -0.05) is 12.5 Å². The average Bonchev–Trinajstić information content (AvgIpc) is 1.85. The Morgan fingerprint density at radius 1 is 1.75 bits per heavy atom. The topological polar surface area (TPSA) is 17.1 Å². The van der Waals surface area contributed by atoms with Gasteiger partial charge >= 0.3 is 0 Å². The zero-order chi connectivity index (χ0) is 6.15. The molecule has 0 saturated carbocycles. The van der Waals surface area contributed by atoms with Crippen molar-refractivity contribution in [2.45, 2.75) is 20.3 Å². The lowest BCUT2D eigenvalue weighted by Gasteiger charge is -1.94. The first kappa shape index (κ1) is 5.54. The fraction of sp³-hybridized carbons (Fsp3) is 0.571. The van der Waals surface area contributed by atoms with E-state index in [1.54, 1.807) is 6.08 Å². The molecule has 1 nitrogen and oxygen atoms in total. The Hall–Kier alpha value is -0.590. The van der Waals surface area contributed by atoms with Gasteiger partial charge in [0.2, 0.25) is 0 Å². The molecule has 8 heavy (non-hydrogen) atoms. The molecule has 0 saturated heterocycles. The molecular formula is C7H10O. The fourth-order valence-electron chi connectivity index (χ4n) is 1.03. The summed E-state index contributed by atoms with van der Waals surface area (Å²) in [7, 11) is 0. The van der Waals surface area contributed by atoms with Crippen molar-refractivity contribution in [2.24, 2.45) is 5.92 Å². The lowest BCUT2D eigenvalue weighted by Crippen LogP contribution is -1.99. The summed E-state index contributed by atoms with van der Waals surface area (Å²) < 4.78 is 0. The molecule has 0 spiro atoms. The molecule has 0 aromatic rings. The molecule has 0 bridgehead atoms. The number of hydrogen-bond donors (Lipinski definition) is 0. The first-order chi connectivity index (χ1) is 3.70. The smallest absolute Gasteiger partial charge is 0.158 e. The maximum absolute atomic E-state index is 10.7. The Morgan fingerprint density at radius 3 is 2.50 bits per heavy atom. The minimum Gasteiger partial charge on any atom is -0.295 e.